The first-order chi connectivity index (χ1) is 7.04. The van der Waals surface area contributed by atoms with Gasteiger partial charge in [0, 0.05) is 16.1 Å². The van der Waals surface area contributed by atoms with E-state index in [1.165, 1.54) is 0 Å². The molecule has 15 heavy (non-hydrogen) atoms. The van der Waals surface area contributed by atoms with E-state index in [-0.39, 0.29) is 5.92 Å². The Bertz CT molecular complexity index is 349. The second-order valence-electron chi connectivity index (χ2n) is 3.78. The third-order valence-electron chi connectivity index (χ3n) is 2.05. The first kappa shape index (κ1) is 12.6. The van der Waals surface area contributed by atoms with Crippen LogP contribution in [0.15, 0.2) is 23.1 Å². The number of rotatable bonds is 4. The van der Waals surface area contributed by atoms with Gasteiger partial charge in [-0.05, 0) is 17.7 Å². The van der Waals surface area contributed by atoms with E-state index in [1.54, 1.807) is 11.8 Å². The molecule has 1 atom stereocenters. The molecule has 0 heterocycles. The Hall–Kier alpha value is -0.470. The van der Waals surface area contributed by atoms with Crippen LogP contribution in [0.4, 0.5) is 0 Å². The van der Waals surface area contributed by atoms with Gasteiger partial charge in [0.25, 0.3) is 0 Å². The van der Waals surface area contributed by atoms with Crippen LogP contribution in [0.2, 0.25) is 5.02 Å². The Morgan fingerprint density at radius 1 is 1.33 bits per heavy atom. The molecule has 0 radical (unpaired) electrons. The van der Waals surface area contributed by atoms with Crippen molar-refractivity contribution in [1.29, 1.82) is 0 Å². The fourth-order valence-electron chi connectivity index (χ4n) is 1.23. The molecule has 0 aliphatic heterocycles. The maximum absolute atomic E-state index is 10.6. The molecule has 1 aromatic rings. The minimum atomic E-state index is -0.0828. The molecule has 1 rings (SSSR count). The summed E-state index contributed by atoms with van der Waals surface area (Å²) in [4.78, 5) is 11.7. The molecule has 0 amide bonds. The maximum atomic E-state index is 10.6. The van der Waals surface area contributed by atoms with Crippen molar-refractivity contribution >= 4 is 29.6 Å². The minimum absolute atomic E-state index is 0.0828. The van der Waals surface area contributed by atoms with Crippen LogP contribution in [0.25, 0.3) is 0 Å². The van der Waals surface area contributed by atoms with Gasteiger partial charge in [0.1, 0.15) is 6.29 Å². The molecule has 1 nitrogen and oxygen atoms in total. The summed E-state index contributed by atoms with van der Waals surface area (Å²) in [7, 11) is 0. The quantitative estimate of drug-likeness (QED) is 0.583. The van der Waals surface area contributed by atoms with E-state index in [9.17, 15) is 4.79 Å². The second kappa shape index (κ2) is 5.57. The van der Waals surface area contributed by atoms with Crippen molar-refractivity contribution in [2.75, 3.05) is 0 Å². The Balaban J connectivity index is 2.92. The van der Waals surface area contributed by atoms with E-state index >= 15 is 0 Å². The lowest BCUT2D eigenvalue weighted by Gasteiger charge is -2.10. The van der Waals surface area contributed by atoms with Crippen molar-refractivity contribution in [3.8, 4) is 0 Å². The van der Waals surface area contributed by atoms with Crippen molar-refractivity contribution in [3.63, 3.8) is 0 Å². The first-order valence-corrected chi connectivity index (χ1v) is 6.21. The van der Waals surface area contributed by atoms with Crippen LogP contribution in [0.3, 0.4) is 0 Å². The molecule has 0 bridgehead atoms. The van der Waals surface area contributed by atoms with Gasteiger partial charge < -0.3 is 4.79 Å². The average molecular weight is 243 g/mol. The van der Waals surface area contributed by atoms with Gasteiger partial charge in [-0.3, -0.25) is 0 Å². The third kappa shape index (κ3) is 3.54. The van der Waals surface area contributed by atoms with Gasteiger partial charge in [0.15, 0.2) is 0 Å². The van der Waals surface area contributed by atoms with Gasteiger partial charge in [-0.1, -0.05) is 38.4 Å². The summed E-state index contributed by atoms with van der Waals surface area (Å²) in [6, 6.07) is 5.84. The van der Waals surface area contributed by atoms with Gasteiger partial charge >= 0.3 is 0 Å². The van der Waals surface area contributed by atoms with E-state index < -0.39 is 0 Å². The summed E-state index contributed by atoms with van der Waals surface area (Å²) < 4.78 is 0. The van der Waals surface area contributed by atoms with Crippen LogP contribution in [-0.4, -0.2) is 11.5 Å². The smallest absolute Gasteiger partial charge is 0.127 e. The molecular weight excluding hydrogens is 228 g/mol. The van der Waals surface area contributed by atoms with Crippen LogP contribution in [-0.2, 0) is 4.79 Å². The summed E-state index contributed by atoms with van der Waals surface area (Å²) in [6.07, 6.45) is 0.931. The fourth-order valence-corrected chi connectivity index (χ4v) is 2.38. The largest absolute Gasteiger partial charge is 0.303 e. The maximum Gasteiger partial charge on any atom is 0.127 e. The van der Waals surface area contributed by atoms with E-state index in [4.69, 9.17) is 11.6 Å². The highest BCUT2D eigenvalue weighted by Gasteiger charge is 2.08. The average Bonchev–Trinajstić information content (AvgIpc) is 2.19. The zero-order valence-corrected chi connectivity index (χ0v) is 10.7. The molecule has 0 aliphatic rings. The van der Waals surface area contributed by atoms with Crippen molar-refractivity contribution in [1.82, 2.24) is 0 Å². The summed E-state index contributed by atoms with van der Waals surface area (Å²) in [5.74, 6) is -0.0828. The molecule has 3 heteroatoms. The van der Waals surface area contributed by atoms with Crippen molar-refractivity contribution in [2.24, 2.45) is 0 Å². The highest BCUT2D eigenvalue weighted by atomic mass is 35.5. The number of thioether (sulfide) groups is 1. The minimum Gasteiger partial charge on any atom is -0.303 e. The van der Waals surface area contributed by atoms with Gasteiger partial charge in [0.05, 0.1) is 5.02 Å². The number of aldehydes is 1. The Morgan fingerprint density at radius 3 is 2.47 bits per heavy atom. The summed E-state index contributed by atoms with van der Waals surface area (Å²) in [5, 5.41) is 1.25. The van der Waals surface area contributed by atoms with Crippen LogP contribution < -0.4 is 0 Å². The van der Waals surface area contributed by atoms with Crippen LogP contribution in [0, 0.1) is 0 Å². The zero-order chi connectivity index (χ0) is 11.4. The molecule has 0 saturated heterocycles. The van der Waals surface area contributed by atoms with Gasteiger partial charge in [-0.2, -0.15) is 0 Å². The van der Waals surface area contributed by atoms with Gasteiger partial charge in [-0.15, -0.1) is 11.8 Å². The van der Waals surface area contributed by atoms with Gasteiger partial charge in [0.2, 0.25) is 0 Å². The Morgan fingerprint density at radius 2 is 2.00 bits per heavy atom. The monoisotopic (exact) mass is 242 g/mol. The van der Waals surface area contributed by atoms with Crippen molar-refractivity contribution < 1.29 is 4.79 Å². The van der Waals surface area contributed by atoms with E-state index in [0.29, 0.717) is 5.25 Å². The van der Waals surface area contributed by atoms with Crippen LogP contribution in [0.5, 0.6) is 0 Å². The standard InChI is InChI=1S/C12H15ClOS/c1-8(2)15-12-5-4-10(6-11(12)13)9(3)7-14/h4-9H,1-3H3. The fraction of sp³-hybridized carbons (Fsp3) is 0.417. The van der Waals surface area contributed by atoms with E-state index in [0.717, 1.165) is 21.8 Å². The highest BCUT2D eigenvalue weighted by Crippen LogP contribution is 2.32. The zero-order valence-electron chi connectivity index (χ0n) is 9.16. The predicted molar refractivity (Wildman–Crippen MR) is 66.9 cm³/mol. The molecule has 0 spiro atoms. The number of halogens is 1. The summed E-state index contributed by atoms with van der Waals surface area (Å²) >= 11 is 7.87. The molecule has 0 fully saturated rings. The van der Waals surface area contributed by atoms with Gasteiger partial charge in [-0.25, -0.2) is 0 Å². The molecule has 1 unspecified atom stereocenters. The molecular formula is C12H15ClOS. The topological polar surface area (TPSA) is 17.1 Å². The predicted octanol–water partition coefficient (Wildman–Crippen LogP) is 4.14. The lowest BCUT2D eigenvalue weighted by atomic mass is 10.0. The third-order valence-corrected chi connectivity index (χ3v) is 3.55. The second-order valence-corrected chi connectivity index (χ2v) is 5.81. The number of carbonyl (C=O) groups excluding carboxylic acids is 1. The van der Waals surface area contributed by atoms with E-state index in [2.05, 4.69) is 13.8 Å². The molecule has 0 aliphatic carbocycles. The van der Waals surface area contributed by atoms with Crippen LogP contribution >= 0.6 is 23.4 Å². The number of hydrogen-bond acceptors (Lipinski definition) is 2. The summed E-state index contributed by atoms with van der Waals surface area (Å²) in [6.45, 7) is 6.12. The molecule has 82 valence electrons. The highest BCUT2D eigenvalue weighted by molar-refractivity contribution is 8.00. The summed E-state index contributed by atoms with van der Waals surface area (Å²) in [5.41, 5.74) is 0.975. The Kier molecular flexibility index (Phi) is 4.68. The number of benzene rings is 1. The van der Waals surface area contributed by atoms with Crippen molar-refractivity contribution in [2.45, 2.75) is 36.8 Å². The number of carbonyl (C=O) groups is 1. The molecule has 0 saturated carbocycles. The normalized spacial score (nSPS) is 12.9. The molecule has 1 aromatic carbocycles. The molecule has 0 N–H and O–H groups in total. The lowest BCUT2D eigenvalue weighted by molar-refractivity contribution is -0.108. The SMILES string of the molecule is CC(C)Sc1ccc(C(C)C=O)cc1Cl. The van der Waals surface area contributed by atoms with Crippen molar-refractivity contribution in [3.05, 3.63) is 28.8 Å². The van der Waals surface area contributed by atoms with E-state index in [1.807, 2.05) is 25.1 Å². The molecule has 0 aromatic heterocycles. The Labute approximate surface area is 100 Å². The number of hydrogen-bond donors (Lipinski definition) is 0. The van der Waals surface area contributed by atoms with Crippen LogP contribution in [0.1, 0.15) is 32.3 Å². The first-order valence-electron chi connectivity index (χ1n) is 4.96. The lowest BCUT2D eigenvalue weighted by Crippen LogP contribution is -1.95.